The van der Waals surface area contributed by atoms with Crippen LogP contribution >= 0.6 is 0 Å². The van der Waals surface area contributed by atoms with E-state index in [4.69, 9.17) is 4.74 Å². The van der Waals surface area contributed by atoms with Crippen LogP contribution in [0.25, 0.3) is 0 Å². The summed E-state index contributed by atoms with van der Waals surface area (Å²) in [6, 6.07) is 3.79. The first kappa shape index (κ1) is 26.5. The van der Waals surface area contributed by atoms with Gasteiger partial charge in [0.2, 0.25) is 0 Å². The number of carbonyl (C=O) groups excluding carboxylic acids is 2. The molecule has 0 aliphatic heterocycles. The van der Waals surface area contributed by atoms with Crippen LogP contribution in [0.4, 0.5) is 28.4 Å². The van der Waals surface area contributed by atoms with Crippen molar-refractivity contribution in [1.29, 1.82) is 0 Å². The molecule has 0 atom stereocenters. The Hall–Kier alpha value is -2.49. The third-order valence-electron chi connectivity index (χ3n) is 4.38. The van der Waals surface area contributed by atoms with E-state index in [0.29, 0.717) is 13.1 Å². The summed E-state index contributed by atoms with van der Waals surface area (Å²) in [7, 11) is 0. The Labute approximate surface area is 181 Å². The lowest BCUT2D eigenvalue weighted by molar-refractivity contribution is -0.137. The molecule has 0 saturated carbocycles. The Kier molecular flexibility index (Phi) is 10.1. The van der Waals surface area contributed by atoms with Gasteiger partial charge in [0.05, 0.1) is 5.56 Å². The van der Waals surface area contributed by atoms with Gasteiger partial charge in [-0.1, -0.05) is 13.8 Å². The third-order valence-corrected chi connectivity index (χ3v) is 4.38. The second-order valence-corrected chi connectivity index (χ2v) is 7.95. The molecular formula is C21H33F3N4O3. The number of halogens is 3. The van der Waals surface area contributed by atoms with E-state index in [1.165, 1.54) is 17.0 Å². The monoisotopic (exact) mass is 446 g/mol. The van der Waals surface area contributed by atoms with Crippen LogP contribution in [0.3, 0.4) is 0 Å². The van der Waals surface area contributed by atoms with E-state index >= 15 is 0 Å². The van der Waals surface area contributed by atoms with Crippen molar-refractivity contribution in [3.8, 4) is 0 Å². The maximum absolute atomic E-state index is 12.7. The molecule has 0 aliphatic carbocycles. The van der Waals surface area contributed by atoms with Crippen molar-refractivity contribution < 1.29 is 27.5 Å². The predicted octanol–water partition coefficient (Wildman–Crippen LogP) is 4.41. The highest BCUT2D eigenvalue weighted by Gasteiger charge is 2.30. The van der Waals surface area contributed by atoms with Crippen LogP contribution in [-0.2, 0) is 10.9 Å². The molecule has 10 heteroatoms. The minimum absolute atomic E-state index is 0.174. The number of anilines is 1. The topological polar surface area (TPSA) is 73.9 Å². The fourth-order valence-corrected chi connectivity index (χ4v) is 2.67. The molecule has 0 fully saturated rings. The van der Waals surface area contributed by atoms with Crippen molar-refractivity contribution in [2.45, 2.75) is 46.4 Å². The summed E-state index contributed by atoms with van der Waals surface area (Å²) in [4.78, 5) is 28.2. The number of rotatable bonds is 9. The number of amides is 3. The highest BCUT2D eigenvalue weighted by molar-refractivity contribution is 5.89. The van der Waals surface area contributed by atoms with Gasteiger partial charge in [-0.05, 0) is 58.1 Å². The second kappa shape index (κ2) is 11.8. The van der Waals surface area contributed by atoms with E-state index in [1.54, 1.807) is 20.8 Å². The summed E-state index contributed by atoms with van der Waals surface area (Å²) in [6.45, 7) is 12.3. The fourth-order valence-electron chi connectivity index (χ4n) is 2.67. The normalized spacial score (nSPS) is 11.9. The van der Waals surface area contributed by atoms with Gasteiger partial charge in [-0.25, -0.2) is 9.59 Å². The highest BCUT2D eigenvalue weighted by atomic mass is 19.4. The number of nitrogens with one attached hydrogen (secondary N) is 2. The lowest BCUT2D eigenvalue weighted by Gasteiger charge is -2.27. The summed E-state index contributed by atoms with van der Waals surface area (Å²) in [5, 5.41) is 5.22. The quantitative estimate of drug-likeness (QED) is 0.590. The van der Waals surface area contributed by atoms with E-state index in [-0.39, 0.29) is 18.8 Å². The zero-order valence-electron chi connectivity index (χ0n) is 18.8. The number of hydrogen-bond acceptors (Lipinski definition) is 4. The van der Waals surface area contributed by atoms with Crippen molar-refractivity contribution in [2.75, 3.05) is 44.6 Å². The molecule has 0 heterocycles. The van der Waals surface area contributed by atoms with Gasteiger partial charge >= 0.3 is 18.3 Å². The molecule has 0 radical (unpaired) electrons. The molecule has 0 saturated heterocycles. The number of benzene rings is 1. The molecule has 1 aromatic carbocycles. The van der Waals surface area contributed by atoms with Gasteiger partial charge in [-0.3, -0.25) is 0 Å². The maximum atomic E-state index is 12.7. The Morgan fingerprint density at radius 3 is 2.03 bits per heavy atom. The van der Waals surface area contributed by atoms with Crippen molar-refractivity contribution >= 4 is 17.8 Å². The summed E-state index contributed by atoms with van der Waals surface area (Å²) in [5.74, 6) is 0. The van der Waals surface area contributed by atoms with E-state index in [9.17, 15) is 22.8 Å². The number of nitrogens with zero attached hydrogens (tertiary/aromatic N) is 2. The van der Waals surface area contributed by atoms with Gasteiger partial charge in [0.1, 0.15) is 5.60 Å². The molecule has 1 aromatic rings. The van der Waals surface area contributed by atoms with E-state index in [0.717, 1.165) is 25.2 Å². The number of urea groups is 1. The van der Waals surface area contributed by atoms with Crippen molar-refractivity contribution in [1.82, 2.24) is 15.1 Å². The number of likely N-dealkylation sites (N-methyl/N-ethyl adjacent to an activating group) is 1. The first-order valence-electron chi connectivity index (χ1n) is 10.3. The molecular weight excluding hydrogens is 413 g/mol. The minimum atomic E-state index is -4.44. The first-order chi connectivity index (χ1) is 14.4. The molecule has 0 bridgehead atoms. The Bertz CT molecular complexity index is 699. The average Bonchev–Trinajstić information content (AvgIpc) is 2.65. The molecule has 0 spiro atoms. The highest BCUT2D eigenvalue weighted by Crippen LogP contribution is 2.29. The largest absolute Gasteiger partial charge is 0.444 e. The Morgan fingerprint density at radius 1 is 0.968 bits per heavy atom. The van der Waals surface area contributed by atoms with Crippen LogP contribution in [0.5, 0.6) is 0 Å². The van der Waals surface area contributed by atoms with Gasteiger partial charge in [0, 0.05) is 31.9 Å². The standard InChI is InChI=1S/C21H33F3N4O3/c1-6-27(7-2)14-15-28(13-12-25-19(30)31-20(3,4)5)18(29)26-17-10-8-16(9-11-17)21(22,23)24/h8-11H,6-7,12-15H2,1-5H3,(H,25,30)(H,26,29). The van der Waals surface area contributed by atoms with Crippen LogP contribution in [0.1, 0.15) is 40.2 Å². The second-order valence-electron chi connectivity index (χ2n) is 7.95. The zero-order chi connectivity index (χ0) is 23.7. The number of carbonyl (C=O) groups is 2. The smallest absolute Gasteiger partial charge is 0.416 e. The van der Waals surface area contributed by atoms with Crippen molar-refractivity contribution in [3.63, 3.8) is 0 Å². The molecule has 0 aromatic heterocycles. The molecule has 2 N–H and O–H groups in total. The predicted molar refractivity (Wildman–Crippen MR) is 114 cm³/mol. The fraction of sp³-hybridized carbons (Fsp3) is 0.619. The van der Waals surface area contributed by atoms with Crippen molar-refractivity contribution in [3.05, 3.63) is 29.8 Å². The van der Waals surface area contributed by atoms with E-state index < -0.39 is 29.5 Å². The molecule has 176 valence electrons. The van der Waals surface area contributed by atoms with Crippen molar-refractivity contribution in [2.24, 2.45) is 0 Å². The van der Waals surface area contributed by atoms with Crippen LogP contribution in [0.15, 0.2) is 24.3 Å². The summed E-state index contributed by atoms with van der Waals surface area (Å²) in [6.07, 6.45) is -5.02. The van der Waals surface area contributed by atoms with Gasteiger partial charge in [-0.2, -0.15) is 13.2 Å². The lowest BCUT2D eigenvalue weighted by atomic mass is 10.2. The Morgan fingerprint density at radius 2 is 1.55 bits per heavy atom. The summed E-state index contributed by atoms with van der Waals surface area (Å²) >= 11 is 0. The van der Waals surface area contributed by atoms with Crippen LogP contribution in [-0.4, -0.2) is 66.8 Å². The third kappa shape index (κ3) is 10.4. The van der Waals surface area contributed by atoms with Gasteiger partial charge in [0.25, 0.3) is 0 Å². The molecule has 3 amide bonds. The Balaban J connectivity index is 2.74. The molecule has 1 rings (SSSR count). The van der Waals surface area contributed by atoms with Gasteiger partial charge < -0.3 is 25.2 Å². The SMILES string of the molecule is CCN(CC)CCN(CCNC(=O)OC(C)(C)C)C(=O)Nc1ccc(C(F)(F)F)cc1. The number of alkyl carbamates (subject to hydrolysis) is 1. The van der Waals surface area contributed by atoms with E-state index in [1.807, 2.05) is 13.8 Å². The number of hydrogen-bond donors (Lipinski definition) is 2. The number of alkyl halides is 3. The molecule has 7 nitrogen and oxygen atoms in total. The average molecular weight is 447 g/mol. The van der Waals surface area contributed by atoms with Crippen LogP contribution in [0.2, 0.25) is 0 Å². The van der Waals surface area contributed by atoms with Gasteiger partial charge in [0.15, 0.2) is 0 Å². The van der Waals surface area contributed by atoms with E-state index in [2.05, 4.69) is 15.5 Å². The maximum Gasteiger partial charge on any atom is 0.416 e. The van der Waals surface area contributed by atoms with Gasteiger partial charge in [-0.15, -0.1) is 0 Å². The minimum Gasteiger partial charge on any atom is -0.444 e. The summed E-state index contributed by atoms with van der Waals surface area (Å²) < 4.78 is 43.3. The molecule has 0 aliphatic rings. The lowest BCUT2D eigenvalue weighted by Crippen LogP contribution is -2.45. The summed E-state index contributed by atoms with van der Waals surface area (Å²) in [5.41, 5.74) is -1.16. The first-order valence-corrected chi connectivity index (χ1v) is 10.3. The molecule has 31 heavy (non-hydrogen) atoms. The zero-order valence-corrected chi connectivity index (χ0v) is 18.8. The van der Waals surface area contributed by atoms with Crippen LogP contribution < -0.4 is 10.6 Å². The number of ether oxygens (including phenoxy) is 1. The molecule has 0 unspecified atom stereocenters. The van der Waals surface area contributed by atoms with Crippen LogP contribution in [0, 0.1) is 0 Å².